The quantitative estimate of drug-likeness (QED) is 0.672. The SMILES string of the molecule is CC(=CC(=O)c1ccc(F)cc1)Nc1ccc(F)c(F)c1. The van der Waals surface area contributed by atoms with Gasteiger partial charge in [0.05, 0.1) is 0 Å². The summed E-state index contributed by atoms with van der Waals surface area (Å²) in [7, 11) is 0. The lowest BCUT2D eigenvalue weighted by Gasteiger charge is -2.07. The molecule has 2 rings (SSSR count). The van der Waals surface area contributed by atoms with Crippen LogP contribution in [0.3, 0.4) is 0 Å². The van der Waals surface area contributed by atoms with Crippen molar-refractivity contribution in [3.8, 4) is 0 Å². The Kier molecular flexibility index (Phi) is 4.42. The van der Waals surface area contributed by atoms with E-state index in [1.54, 1.807) is 6.92 Å². The molecule has 21 heavy (non-hydrogen) atoms. The molecule has 0 radical (unpaired) electrons. The molecule has 0 aliphatic carbocycles. The van der Waals surface area contributed by atoms with E-state index in [0.717, 1.165) is 12.1 Å². The van der Waals surface area contributed by atoms with Crippen LogP contribution in [0.5, 0.6) is 0 Å². The monoisotopic (exact) mass is 291 g/mol. The van der Waals surface area contributed by atoms with Crippen LogP contribution in [0.1, 0.15) is 17.3 Å². The second-order valence-corrected chi connectivity index (χ2v) is 4.45. The Bertz CT molecular complexity index is 693. The van der Waals surface area contributed by atoms with Crippen LogP contribution in [0.4, 0.5) is 18.9 Å². The summed E-state index contributed by atoms with van der Waals surface area (Å²) in [6.45, 7) is 1.61. The first-order valence-electron chi connectivity index (χ1n) is 6.16. The highest BCUT2D eigenvalue weighted by Crippen LogP contribution is 2.15. The number of carbonyl (C=O) groups is 1. The van der Waals surface area contributed by atoms with E-state index < -0.39 is 17.5 Å². The number of rotatable bonds is 4. The maximum absolute atomic E-state index is 13.1. The van der Waals surface area contributed by atoms with Gasteiger partial charge in [-0.25, -0.2) is 13.2 Å². The van der Waals surface area contributed by atoms with Crippen LogP contribution in [0.25, 0.3) is 0 Å². The lowest BCUT2D eigenvalue weighted by Crippen LogP contribution is -2.02. The minimum absolute atomic E-state index is 0.317. The number of nitrogens with one attached hydrogen (secondary N) is 1. The smallest absolute Gasteiger partial charge is 0.187 e. The van der Waals surface area contributed by atoms with Crippen molar-refractivity contribution >= 4 is 11.5 Å². The van der Waals surface area contributed by atoms with Gasteiger partial charge in [-0.2, -0.15) is 0 Å². The molecule has 0 aliphatic heterocycles. The van der Waals surface area contributed by atoms with E-state index >= 15 is 0 Å². The third kappa shape index (κ3) is 3.95. The van der Waals surface area contributed by atoms with Crippen LogP contribution in [0.15, 0.2) is 54.2 Å². The van der Waals surface area contributed by atoms with Crippen molar-refractivity contribution < 1.29 is 18.0 Å². The zero-order valence-corrected chi connectivity index (χ0v) is 11.2. The summed E-state index contributed by atoms with van der Waals surface area (Å²) in [6.07, 6.45) is 1.30. The van der Waals surface area contributed by atoms with Gasteiger partial charge in [0.1, 0.15) is 5.82 Å². The highest BCUT2D eigenvalue weighted by Gasteiger charge is 2.05. The van der Waals surface area contributed by atoms with Crippen LogP contribution >= 0.6 is 0 Å². The number of hydrogen-bond acceptors (Lipinski definition) is 2. The van der Waals surface area contributed by atoms with Gasteiger partial charge in [-0.05, 0) is 43.3 Å². The molecule has 0 amide bonds. The summed E-state index contributed by atoms with van der Waals surface area (Å²) in [5.74, 6) is -2.66. The van der Waals surface area contributed by atoms with Crippen LogP contribution in [0, 0.1) is 17.5 Å². The molecule has 0 aliphatic rings. The number of carbonyl (C=O) groups excluding carboxylic acids is 1. The summed E-state index contributed by atoms with van der Waals surface area (Å²) in [6, 6.07) is 8.48. The minimum Gasteiger partial charge on any atom is -0.359 e. The van der Waals surface area contributed by atoms with Crippen LogP contribution in [-0.2, 0) is 0 Å². The average Bonchev–Trinajstić information content (AvgIpc) is 2.43. The molecule has 2 nitrogen and oxygen atoms in total. The molecule has 0 unspecified atom stereocenters. The van der Waals surface area contributed by atoms with Crippen molar-refractivity contribution in [1.82, 2.24) is 0 Å². The first kappa shape index (κ1) is 14.8. The maximum atomic E-state index is 13.1. The van der Waals surface area contributed by atoms with Gasteiger partial charge in [-0.3, -0.25) is 4.79 Å². The Labute approximate surface area is 119 Å². The fourth-order valence-electron chi connectivity index (χ4n) is 1.73. The fraction of sp³-hybridized carbons (Fsp3) is 0.0625. The first-order chi connectivity index (χ1) is 9.95. The Morgan fingerprint density at radius 3 is 2.29 bits per heavy atom. The lowest BCUT2D eigenvalue weighted by molar-refractivity contribution is 0.104. The van der Waals surface area contributed by atoms with Crippen molar-refractivity contribution in [2.45, 2.75) is 6.92 Å². The molecular formula is C16H12F3NO. The van der Waals surface area contributed by atoms with Crippen molar-refractivity contribution in [3.05, 3.63) is 77.3 Å². The van der Waals surface area contributed by atoms with Gasteiger partial charge in [0.2, 0.25) is 0 Å². The molecule has 0 heterocycles. The van der Waals surface area contributed by atoms with E-state index in [2.05, 4.69) is 5.32 Å². The molecule has 2 aromatic rings. The average molecular weight is 291 g/mol. The molecule has 0 atom stereocenters. The predicted molar refractivity (Wildman–Crippen MR) is 74.5 cm³/mol. The lowest BCUT2D eigenvalue weighted by atomic mass is 10.1. The highest BCUT2D eigenvalue weighted by atomic mass is 19.2. The predicted octanol–water partition coefficient (Wildman–Crippen LogP) is 4.30. The zero-order valence-electron chi connectivity index (χ0n) is 11.2. The van der Waals surface area contributed by atoms with Gasteiger partial charge in [0.25, 0.3) is 0 Å². The Balaban J connectivity index is 2.11. The molecule has 0 saturated heterocycles. The van der Waals surface area contributed by atoms with E-state index in [4.69, 9.17) is 0 Å². The van der Waals surface area contributed by atoms with Crippen LogP contribution in [-0.4, -0.2) is 5.78 Å². The number of ketones is 1. The Morgan fingerprint density at radius 2 is 1.67 bits per heavy atom. The Hall–Kier alpha value is -2.56. The van der Waals surface area contributed by atoms with Gasteiger partial charge >= 0.3 is 0 Å². The molecular weight excluding hydrogens is 279 g/mol. The van der Waals surface area contributed by atoms with Gasteiger partial charge < -0.3 is 5.32 Å². The fourth-order valence-corrected chi connectivity index (χ4v) is 1.73. The van der Waals surface area contributed by atoms with E-state index in [-0.39, 0.29) is 5.78 Å². The van der Waals surface area contributed by atoms with Crippen molar-refractivity contribution in [3.63, 3.8) is 0 Å². The van der Waals surface area contributed by atoms with Crippen LogP contribution < -0.4 is 5.32 Å². The van der Waals surface area contributed by atoms with Crippen molar-refractivity contribution in [1.29, 1.82) is 0 Å². The van der Waals surface area contributed by atoms with Gasteiger partial charge in [-0.15, -0.1) is 0 Å². The third-order valence-corrected chi connectivity index (χ3v) is 2.74. The largest absolute Gasteiger partial charge is 0.359 e. The third-order valence-electron chi connectivity index (χ3n) is 2.74. The van der Waals surface area contributed by atoms with Crippen molar-refractivity contribution in [2.75, 3.05) is 5.32 Å². The summed E-state index contributed by atoms with van der Waals surface area (Å²) in [5, 5.41) is 2.78. The molecule has 0 saturated carbocycles. The normalized spacial score (nSPS) is 11.3. The molecule has 0 bridgehead atoms. The molecule has 1 N–H and O–H groups in total. The number of anilines is 1. The van der Waals surface area contributed by atoms with Gasteiger partial charge in [0, 0.05) is 29.1 Å². The van der Waals surface area contributed by atoms with E-state index in [1.165, 1.54) is 36.4 Å². The molecule has 0 fully saturated rings. The summed E-state index contributed by atoms with van der Waals surface area (Å²) in [4.78, 5) is 11.9. The highest BCUT2D eigenvalue weighted by molar-refractivity contribution is 6.05. The summed E-state index contributed by atoms with van der Waals surface area (Å²) in [5.41, 5.74) is 1.12. The summed E-state index contributed by atoms with van der Waals surface area (Å²) >= 11 is 0. The maximum Gasteiger partial charge on any atom is 0.187 e. The van der Waals surface area contributed by atoms with Crippen molar-refractivity contribution in [2.24, 2.45) is 0 Å². The molecule has 5 heteroatoms. The molecule has 0 spiro atoms. The second-order valence-electron chi connectivity index (χ2n) is 4.45. The van der Waals surface area contributed by atoms with E-state index in [1.807, 2.05) is 0 Å². The topological polar surface area (TPSA) is 29.1 Å². The number of hydrogen-bond donors (Lipinski definition) is 1. The zero-order chi connectivity index (χ0) is 15.4. The van der Waals surface area contributed by atoms with Crippen LogP contribution in [0.2, 0.25) is 0 Å². The van der Waals surface area contributed by atoms with Gasteiger partial charge in [0.15, 0.2) is 17.4 Å². The number of benzene rings is 2. The van der Waals surface area contributed by atoms with Gasteiger partial charge in [-0.1, -0.05) is 0 Å². The number of allylic oxidation sites excluding steroid dienone is 2. The Morgan fingerprint density at radius 1 is 1.00 bits per heavy atom. The molecule has 0 aromatic heterocycles. The number of halogens is 3. The molecule has 108 valence electrons. The first-order valence-corrected chi connectivity index (χ1v) is 6.16. The second kappa shape index (κ2) is 6.26. The van der Waals surface area contributed by atoms with E-state index in [9.17, 15) is 18.0 Å². The molecule has 2 aromatic carbocycles. The summed E-state index contributed by atoms with van der Waals surface area (Å²) < 4.78 is 38.6. The standard InChI is InChI=1S/C16H12F3NO/c1-10(20-13-6-7-14(18)15(19)9-13)8-16(21)11-2-4-12(17)5-3-11/h2-9,20H,1H3. The minimum atomic E-state index is -0.974. The van der Waals surface area contributed by atoms with E-state index in [0.29, 0.717) is 16.9 Å².